The normalized spacial score (nSPS) is 26.2. The Hall–Kier alpha value is -1.22. The lowest BCUT2D eigenvalue weighted by Gasteiger charge is -2.28. The Balaban J connectivity index is 2.27. The molecule has 1 saturated carbocycles. The standard InChI is InChI=1S/C18H28O3/c1-4-20-16-9-8-15(13-17(16)21-5-2)18(19)11-6-7-14(3)10-12-18/h8-9,13-14,19H,4-7,10-12H2,1-3H3. The molecule has 0 amide bonds. The smallest absolute Gasteiger partial charge is 0.161 e. The van der Waals surface area contributed by atoms with Gasteiger partial charge in [-0.2, -0.15) is 0 Å². The quantitative estimate of drug-likeness (QED) is 0.824. The Morgan fingerprint density at radius 2 is 1.81 bits per heavy atom. The van der Waals surface area contributed by atoms with Gasteiger partial charge in [-0.25, -0.2) is 0 Å². The highest BCUT2D eigenvalue weighted by molar-refractivity contribution is 5.44. The summed E-state index contributed by atoms with van der Waals surface area (Å²) in [6.45, 7) is 7.41. The van der Waals surface area contributed by atoms with E-state index >= 15 is 0 Å². The van der Waals surface area contributed by atoms with Crippen LogP contribution in [-0.2, 0) is 5.60 Å². The van der Waals surface area contributed by atoms with E-state index in [4.69, 9.17) is 9.47 Å². The van der Waals surface area contributed by atoms with E-state index in [-0.39, 0.29) is 0 Å². The highest BCUT2D eigenvalue weighted by Gasteiger charge is 2.32. The van der Waals surface area contributed by atoms with Crippen LogP contribution in [0.2, 0.25) is 0 Å². The number of aliphatic hydroxyl groups is 1. The van der Waals surface area contributed by atoms with Crippen molar-refractivity contribution < 1.29 is 14.6 Å². The molecular formula is C18H28O3. The van der Waals surface area contributed by atoms with Crippen molar-refractivity contribution in [2.45, 2.75) is 58.5 Å². The molecule has 2 unspecified atom stereocenters. The van der Waals surface area contributed by atoms with Crippen molar-refractivity contribution in [2.24, 2.45) is 5.92 Å². The molecule has 0 radical (unpaired) electrons. The van der Waals surface area contributed by atoms with Crippen molar-refractivity contribution in [3.8, 4) is 11.5 Å². The maximum absolute atomic E-state index is 11.1. The fourth-order valence-electron chi connectivity index (χ4n) is 3.13. The fourth-order valence-corrected chi connectivity index (χ4v) is 3.13. The SMILES string of the molecule is CCOc1ccc(C2(O)CCCC(C)CC2)cc1OCC. The second kappa shape index (κ2) is 7.17. The molecule has 1 aliphatic carbocycles. The number of rotatable bonds is 5. The molecular weight excluding hydrogens is 264 g/mol. The first-order valence-electron chi connectivity index (χ1n) is 8.21. The van der Waals surface area contributed by atoms with E-state index in [1.54, 1.807) is 0 Å². The molecule has 2 rings (SSSR count). The summed E-state index contributed by atoms with van der Waals surface area (Å²) >= 11 is 0. The van der Waals surface area contributed by atoms with Crippen molar-refractivity contribution in [2.75, 3.05) is 13.2 Å². The van der Waals surface area contributed by atoms with Crippen molar-refractivity contribution in [3.63, 3.8) is 0 Å². The fraction of sp³-hybridized carbons (Fsp3) is 0.667. The van der Waals surface area contributed by atoms with Crippen LogP contribution >= 0.6 is 0 Å². The molecule has 0 spiro atoms. The van der Waals surface area contributed by atoms with Gasteiger partial charge < -0.3 is 14.6 Å². The van der Waals surface area contributed by atoms with Crippen LogP contribution < -0.4 is 9.47 Å². The summed E-state index contributed by atoms with van der Waals surface area (Å²) in [6.07, 6.45) is 5.02. The molecule has 21 heavy (non-hydrogen) atoms. The summed E-state index contributed by atoms with van der Waals surface area (Å²) in [5.41, 5.74) is 0.241. The van der Waals surface area contributed by atoms with Gasteiger partial charge in [0.1, 0.15) is 0 Å². The van der Waals surface area contributed by atoms with Crippen LogP contribution in [0.4, 0.5) is 0 Å². The minimum absolute atomic E-state index is 0.596. The first-order valence-corrected chi connectivity index (χ1v) is 8.21. The Bertz CT molecular complexity index is 458. The predicted molar refractivity (Wildman–Crippen MR) is 84.9 cm³/mol. The van der Waals surface area contributed by atoms with Gasteiger partial charge >= 0.3 is 0 Å². The van der Waals surface area contributed by atoms with Gasteiger partial charge in [-0.3, -0.25) is 0 Å². The number of benzene rings is 1. The topological polar surface area (TPSA) is 38.7 Å². The van der Waals surface area contributed by atoms with Gasteiger partial charge in [0.05, 0.1) is 18.8 Å². The van der Waals surface area contributed by atoms with E-state index < -0.39 is 5.60 Å². The van der Waals surface area contributed by atoms with E-state index in [9.17, 15) is 5.11 Å². The van der Waals surface area contributed by atoms with Crippen LogP contribution in [0.25, 0.3) is 0 Å². The number of hydrogen-bond donors (Lipinski definition) is 1. The highest BCUT2D eigenvalue weighted by atomic mass is 16.5. The molecule has 1 N–H and O–H groups in total. The average Bonchev–Trinajstić information content (AvgIpc) is 2.64. The van der Waals surface area contributed by atoms with Crippen molar-refractivity contribution in [1.82, 2.24) is 0 Å². The molecule has 0 aliphatic heterocycles. The maximum Gasteiger partial charge on any atom is 0.161 e. The summed E-state index contributed by atoms with van der Waals surface area (Å²) in [6, 6.07) is 5.88. The van der Waals surface area contributed by atoms with E-state index in [0.29, 0.717) is 19.1 Å². The monoisotopic (exact) mass is 292 g/mol. The van der Waals surface area contributed by atoms with Gasteiger partial charge in [-0.1, -0.05) is 19.4 Å². The number of ether oxygens (including phenoxy) is 2. The molecule has 2 atom stereocenters. The molecule has 0 aromatic heterocycles. The maximum atomic E-state index is 11.1. The number of hydrogen-bond acceptors (Lipinski definition) is 3. The summed E-state index contributed by atoms with van der Waals surface area (Å²) in [5.74, 6) is 2.20. The van der Waals surface area contributed by atoms with Crippen LogP contribution in [-0.4, -0.2) is 18.3 Å². The van der Waals surface area contributed by atoms with Crippen LogP contribution in [0.15, 0.2) is 18.2 Å². The van der Waals surface area contributed by atoms with Crippen LogP contribution in [0, 0.1) is 5.92 Å². The van der Waals surface area contributed by atoms with Gasteiger partial charge in [0.2, 0.25) is 0 Å². The molecule has 0 bridgehead atoms. The third-order valence-electron chi connectivity index (χ3n) is 4.42. The van der Waals surface area contributed by atoms with E-state index in [0.717, 1.165) is 42.7 Å². The Kier molecular flexibility index (Phi) is 5.51. The molecule has 1 fully saturated rings. The molecule has 3 nitrogen and oxygen atoms in total. The third-order valence-corrected chi connectivity index (χ3v) is 4.42. The zero-order chi connectivity index (χ0) is 15.3. The minimum atomic E-state index is -0.721. The molecule has 1 aromatic carbocycles. The van der Waals surface area contributed by atoms with E-state index in [1.807, 2.05) is 32.0 Å². The highest BCUT2D eigenvalue weighted by Crippen LogP contribution is 2.40. The van der Waals surface area contributed by atoms with Crippen molar-refractivity contribution in [3.05, 3.63) is 23.8 Å². The molecule has 0 saturated heterocycles. The lowest BCUT2D eigenvalue weighted by atomic mass is 9.86. The Labute approximate surface area is 128 Å². The Morgan fingerprint density at radius 1 is 1.10 bits per heavy atom. The van der Waals surface area contributed by atoms with Crippen molar-refractivity contribution >= 4 is 0 Å². The van der Waals surface area contributed by atoms with Crippen LogP contribution in [0.5, 0.6) is 11.5 Å². The minimum Gasteiger partial charge on any atom is -0.490 e. The average molecular weight is 292 g/mol. The summed E-state index contributed by atoms with van der Waals surface area (Å²) in [5, 5.41) is 11.1. The summed E-state index contributed by atoms with van der Waals surface area (Å²) in [7, 11) is 0. The molecule has 1 aliphatic rings. The molecule has 118 valence electrons. The predicted octanol–water partition coefficient (Wildman–Crippen LogP) is 4.27. The molecule has 3 heteroatoms. The first-order chi connectivity index (χ1) is 10.1. The first kappa shape index (κ1) is 16.2. The van der Waals surface area contributed by atoms with E-state index in [2.05, 4.69) is 6.92 Å². The van der Waals surface area contributed by atoms with Crippen molar-refractivity contribution in [1.29, 1.82) is 0 Å². The third kappa shape index (κ3) is 3.91. The summed E-state index contributed by atoms with van der Waals surface area (Å²) in [4.78, 5) is 0. The lowest BCUT2D eigenvalue weighted by Crippen LogP contribution is -2.25. The lowest BCUT2D eigenvalue weighted by molar-refractivity contribution is 0.0195. The summed E-state index contributed by atoms with van der Waals surface area (Å²) < 4.78 is 11.3. The van der Waals surface area contributed by atoms with E-state index in [1.165, 1.54) is 6.42 Å². The van der Waals surface area contributed by atoms with Gasteiger partial charge in [0.25, 0.3) is 0 Å². The molecule has 0 heterocycles. The second-order valence-electron chi connectivity index (χ2n) is 6.10. The van der Waals surface area contributed by atoms with Crippen LogP contribution in [0.3, 0.4) is 0 Å². The Morgan fingerprint density at radius 3 is 2.52 bits per heavy atom. The van der Waals surface area contributed by atoms with Gasteiger partial charge in [0, 0.05) is 0 Å². The zero-order valence-electron chi connectivity index (χ0n) is 13.5. The molecule has 1 aromatic rings. The zero-order valence-corrected chi connectivity index (χ0v) is 13.5. The second-order valence-corrected chi connectivity index (χ2v) is 6.10. The van der Waals surface area contributed by atoms with Gasteiger partial charge in [-0.15, -0.1) is 0 Å². The van der Waals surface area contributed by atoms with Gasteiger partial charge in [0.15, 0.2) is 11.5 Å². The van der Waals surface area contributed by atoms with Crippen LogP contribution in [0.1, 0.15) is 58.4 Å². The van der Waals surface area contributed by atoms with Gasteiger partial charge in [-0.05, 0) is 63.1 Å². The largest absolute Gasteiger partial charge is 0.490 e.